The van der Waals surface area contributed by atoms with E-state index in [9.17, 15) is 0 Å². The highest BCUT2D eigenvalue weighted by molar-refractivity contribution is 4.84. The van der Waals surface area contributed by atoms with E-state index in [4.69, 9.17) is 5.73 Å². The average molecular weight is 225 g/mol. The molecule has 0 aliphatic carbocycles. The first-order valence-corrected chi connectivity index (χ1v) is 6.81. The molecule has 0 saturated carbocycles. The van der Waals surface area contributed by atoms with Gasteiger partial charge in [0.2, 0.25) is 0 Å². The SMILES string of the molecule is CC1CCN(CC2CN(C)CCC2N)CC1. The van der Waals surface area contributed by atoms with Crippen LogP contribution in [0.25, 0.3) is 0 Å². The van der Waals surface area contributed by atoms with E-state index >= 15 is 0 Å². The molecule has 2 N–H and O–H groups in total. The van der Waals surface area contributed by atoms with E-state index in [-0.39, 0.29) is 0 Å². The highest BCUT2D eigenvalue weighted by Gasteiger charge is 2.27. The molecule has 2 aliphatic rings. The van der Waals surface area contributed by atoms with E-state index in [1.807, 2.05) is 0 Å². The molecule has 0 aromatic rings. The lowest BCUT2D eigenvalue weighted by molar-refractivity contribution is 0.111. The molecule has 2 saturated heterocycles. The number of nitrogens with zero attached hydrogens (tertiary/aromatic N) is 2. The van der Waals surface area contributed by atoms with Crippen molar-refractivity contribution in [2.75, 3.05) is 39.8 Å². The van der Waals surface area contributed by atoms with E-state index in [0.29, 0.717) is 12.0 Å². The summed E-state index contributed by atoms with van der Waals surface area (Å²) in [6.07, 6.45) is 3.92. The minimum Gasteiger partial charge on any atom is -0.327 e. The molecule has 2 aliphatic heterocycles. The fourth-order valence-corrected chi connectivity index (χ4v) is 3.00. The van der Waals surface area contributed by atoms with Gasteiger partial charge in [-0.1, -0.05) is 6.92 Å². The number of rotatable bonds is 2. The van der Waals surface area contributed by atoms with Crippen LogP contribution >= 0.6 is 0 Å². The normalized spacial score (nSPS) is 35.4. The molecular weight excluding hydrogens is 198 g/mol. The van der Waals surface area contributed by atoms with Crippen molar-refractivity contribution < 1.29 is 0 Å². The summed E-state index contributed by atoms with van der Waals surface area (Å²) in [4.78, 5) is 5.06. The zero-order chi connectivity index (χ0) is 11.5. The first kappa shape index (κ1) is 12.3. The lowest BCUT2D eigenvalue weighted by atomic mass is 9.91. The fourth-order valence-electron chi connectivity index (χ4n) is 3.00. The van der Waals surface area contributed by atoms with Crippen LogP contribution in [0.5, 0.6) is 0 Å². The van der Waals surface area contributed by atoms with Crippen LogP contribution in [0.3, 0.4) is 0 Å². The Bertz CT molecular complexity index is 211. The monoisotopic (exact) mass is 225 g/mol. The predicted octanol–water partition coefficient (Wildman–Crippen LogP) is 0.997. The zero-order valence-electron chi connectivity index (χ0n) is 10.9. The zero-order valence-corrected chi connectivity index (χ0v) is 10.9. The van der Waals surface area contributed by atoms with E-state index in [1.54, 1.807) is 0 Å². The van der Waals surface area contributed by atoms with Gasteiger partial charge in [0.25, 0.3) is 0 Å². The molecule has 0 amide bonds. The van der Waals surface area contributed by atoms with Gasteiger partial charge in [-0.2, -0.15) is 0 Å². The summed E-state index contributed by atoms with van der Waals surface area (Å²) in [5.74, 6) is 1.62. The van der Waals surface area contributed by atoms with Crippen LogP contribution in [-0.4, -0.2) is 55.6 Å². The number of hydrogen-bond acceptors (Lipinski definition) is 3. The summed E-state index contributed by atoms with van der Waals surface area (Å²) in [6.45, 7) is 8.53. The molecule has 0 aromatic heterocycles. The molecule has 2 unspecified atom stereocenters. The lowest BCUT2D eigenvalue weighted by Gasteiger charge is -2.39. The van der Waals surface area contributed by atoms with Crippen LogP contribution in [0.2, 0.25) is 0 Å². The highest BCUT2D eigenvalue weighted by atomic mass is 15.2. The molecule has 3 heteroatoms. The fraction of sp³-hybridized carbons (Fsp3) is 1.00. The van der Waals surface area contributed by atoms with Crippen molar-refractivity contribution in [1.82, 2.24) is 9.80 Å². The van der Waals surface area contributed by atoms with E-state index in [2.05, 4.69) is 23.8 Å². The molecule has 2 heterocycles. The Balaban J connectivity index is 1.79. The Kier molecular flexibility index (Phi) is 4.22. The first-order valence-electron chi connectivity index (χ1n) is 6.81. The van der Waals surface area contributed by atoms with Gasteiger partial charge >= 0.3 is 0 Å². The largest absolute Gasteiger partial charge is 0.327 e. The Morgan fingerprint density at radius 1 is 1.12 bits per heavy atom. The van der Waals surface area contributed by atoms with Crippen LogP contribution < -0.4 is 5.73 Å². The Morgan fingerprint density at radius 3 is 2.50 bits per heavy atom. The van der Waals surface area contributed by atoms with E-state index < -0.39 is 0 Å². The first-order chi connectivity index (χ1) is 7.65. The summed E-state index contributed by atoms with van der Waals surface area (Å²) in [5.41, 5.74) is 6.23. The third-order valence-corrected chi connectivity index (χ3v) is 4.36. The van der Waals surface area contributed by atoms with Crippen molar-refractivity contribution >= 4 is 0 Å². The molecule has 0 spiro atoms. The molecule has 2 fully saturated rings. The van der Waals surface area contributed by atoms with Gasteiger partial charge in [-0.25, -0.2) is 0 Å². The van der Waals surface area contributed by atoms with E-state index in [1.165, 1.54) is 52.0 Å². The van der Waals surface area contributed by atoms with Crippen LogP contribution in [0.4, 0.5) is 0 Å². The Hall–Kier alpha value is -0.120. The summed E-state index contributed by atoms with van der Waals surface area (Å²) in [6, 6.07) is 0.426. The summed E-state index contributed by atoms with van der Waals surface area (Å²) < 4.78 is 0. The smallest absolute Gasteiger partial charge is 0.0104 e. The second kappa shape index (κ2) is 5.48. The van der Waals surface area contributed by atoms with Gasteiger partial charge < -0.3 is 15.5 Å². The van der Waals surface area contributed by atoms with Crippen LogP contribution in [0.15, 0.2) is 0 Å². The van der Waals surface area contributed by atoms with Crippen LogP contribution in [0.1, 0.15) is 26.2 Å². The van der Waals surface area contributed by atoms with Gasteiger partial charge in [0, 0.05) is 19.1 Å². The highest BCUT2D eigenvalue weighted by Crippen LogP contribution is 2.20. The topological polar surface area (TPSA) is 32.5 Å². The molecule has 0 aromatic carbocycles. The van der Waals surface area contributed by atoms with Gasteiger partial charge in [-0.15, -0.1) is 0 Å². The van der Waals surface area contributed by atoms with Gasteiger partial charge in [-0.3, -0.25) is 0 Å². The molecule has 16 heavy (non-hydrogen) atoms. The number of nitrogens with two attached hydrogens (primary N) is 1. The summed E-state index contributed by atoms with van der Waals surface area (Å²) >= 11 is 0. The van der Waals surface area contributed by atoms with Gasteiger partial charge in [-0.05, 0) is 57.8 Å². The van der Waals surface area contributed by atoms with Crippen molar-refractivity contribution in [3.63, 3.8) is 0 Å². The van der Waals surface area contributed by atoms with Crippen LogP contribution in [-0.2, 0) is 0 Å². The lowest BCUT2D eigenvalue weighted by Crippen LogP contribution is -2.51. The maximum Gasteiger partial charge on any atom is 0.0104 e. The minimum absolute atomic E-state index is 0.426. The van der Waals surface area contributed by atoms with Crippen molar-refractivity contribution in [3.8, 4) is 0 Å². The summed E-state index contributed by atoms with van der Waals surface area (Å²) in [7, 11) is 2.22. The molecule has 0 bridgehead atoms. The minimum atomic E-state index is 0.426. The molecule has 2 atom stereocenters. The van der Waals surface area contributed by atoms with Gasteiger partial charge in [0.1, 0.15) is 0 Å². The predicted molar refractivity (Wildman–Crippen MR) is 68.4 cm³/mol. The van der Waals surface area contributed by atoms with Crippen molar-refractivity contribution in [2.45, 2.75) is 32.2 Å². The molecule has 3 nitrogen and oxygen atoms in total. The quantitative estimate of drug-likeness (QED) is 0.761. The molecule has 2 rings (SSSR count). The van der Waals surface area contributed by atoms with Crippen molar-refractivity contribution in [1.29, 1.82) is 0 Å². The average Bonchev–Trinajstić information content (AvgIpc) is 2.27. The van der Waals surface area contributed by atoms with Gasteiger partial charge in [0.05, 0.1) is 0 Å². The van der Waals surface area contributed by atoms with Gasteiger partial charge in [0.15, 0.2) is 0 Å². The maximum absolute atomic E-state index is 6.23. The molecule has 94 valence electrons. The number of piperidine rings is 2. The summed E-state index contributed by atoms with van der Waals surface area (Å²) in [5, 5.41) is 0. The number of likely N-dealkylation sites (tertiary alicyclic amines) is 2. The maximum atomic E-state index is 6.23. The second-order valence-corrected chi connectivity index (χ2v) is 5.96. The van der Waals surface area contributed by atoms with Crippen molar-refractivity contribution in [2.24, 2.45) is 17.6 Å². The van der Waals surface area contributed by atoms with E-state index in [0.717, 1.165) is 5.92 Å². The Labute approximate surface area is 100.0 Å². The molecule has 0 radical (unpaired) electrons. The third kappa shape index (κ3) is 3.19. The standard InChI is InChI=1S/C13H27N3/c1-11-3-7-16(8-4-11)10-12-9-15(2)6-5-13(12)14/h11-13H,3-10,14H2,1-2H3. The van der Waals surface area contributed by atoms with Crippen molar-refractivity contribution in [3.05, 3.63) is 0 Å². The van der Waals surface area contributed by atoms with Crippen LogP contribution in [0, 0.1) is 11.8 Å². The molecular formula is C13H27N3. The Morgan fingerprint density at radius 2 is 1.81 bits per heavy atom. The second-order valence-electron chi connectivity index (χ2n) is 5.96. The third-order valence-electron chi connectivity index (χ3n) is 4.36. The number of hydrogen-bond donors (Lipinski definition) is 1.